The molecule has 1 amide bonds. The Morgan fingerprint density at radius 3 is 2.94 bits per heavy atom. The topological polar surface area (TPSA) is 55.1 Å². The van der Waals surface area contributed by atoms with Crippen LogP contribution >= 0.6 is 24.2 Å². The molecule has 1 aliphatic rings. The zero-order valence-corrected chi connectivity index (χ0v) is 10.6. The highest BCUT2D eigenvalue weighted by atomic mass is 35.5. The monoisotopic (exact) mass is 258 g/mol. The van der Waals surface area contributed by atoms with E-state index < -0.39 is 6.04 Å². The van der Waals surface area contributed by atoms with Crippen LogP contribution in [0.3, 0.4) is 0 Å². The summed E-state index contributed by atoms with van der Waals surface area (Å²) in [5, 5.41) is 2.95. The Hall–Kier alpha value is -0.710. The van der Waals surface area contributed by atoms with Crippen molar-refractivity contribution in [3.8, 4) is 0 Å². The van der Waals surface area contributed by atoms with Gasteiger partial charge in [0.1, 0.15) is 0 Å². The number of carbonyl (C=O) groups excluding carboxylic acids is 1. The zero-order valence-electron chi connectivity index (χ0n) is 8.97. The van der Waals surface area contributed by atoms with Crippen LogP contribution in [0, 0.1) is 0 Å². The van der Waals surface area contributed by atoms with Gasteiger partial charge < -0.3 is 11.1 Å². The molecule has 5 heteroatoms. The van der Waals surface area contributed by atoms with Crippen molar-refractivity contribution in [2.45, 2.75) is 23.9 Å². The predicted molar refractivity (Wildman–Crippen MR) is 68.9 cm³/mol. The van der Waals surface area contributed by atoms with Crippen LogP contribution in [0.2, 0.25) is 0 Å². The number of carbonyl (C=O) groups is 1. The van der Waals surface area contributed by atoms with Crippen LogP contribution in [0.25, 0.3) is 0 Å². The maximum Gasteiger partial charge on any atom is 0.237 e. The normalized spacial score (nSPS) is 19.5. The second-order valence-corrected chi connectivity index (χ2v) is 4.76. The number of hydrogen-bond acceptors (Lipinski definition) is 3. The Labute approximate surface area is 106 Å². The van der Waals surface area contributed by atoms with Crippen LogP contribution in [0.5, 0.6) is 0 Å². The summed E-state index contributed by atoms with van der Waals surface area (Å²) < 4.78 is 0. The number of thioether (sulfide) groups is 1. The molecule has 2 unspecified atom stereocenters. The van der Waals surface area contributed by atoms with E-state index in [0.29, 0.717) is 0 Å². The lowest BCUT2D eigenvalue weighted by Crippen LogP contribution is -2.40. The van der Waals surface area contributed by atoms with Gasteiger partial charge in [-0.3, -0.25) is 4.79 Å². The van der Waals surface area contributed by atoms with Crippen LogP contribution < -0.4 is 11.1 Å². The van der Waals surface area contributed by atoms with E-state index in [1.807, 2.05) is 12.1 Å². The number of nitrogens with one attached hydrogen (secondary N) is 1. The number of hydrogen-bond donors (Lipinski definition) is 2. The van der Waals surface area contributed by atoms with E-state index >= 15 is 0 Å². The summed E-state index contributed by atoms with van der Waals surface area (Å²) in [6, 6.07) is 7.82. The van der Waals surface area contributed by atoms with Crippen molar-refractivity contribution >= 4 is 30.1 Å². The van der Waals surface area contributed by atoms with Gasteiger partial charge >= 0.3 is 0 Å². The number of halogens is 1. The molecule has 2 atom stereocenters. The molecule has 1 heterocycles. The Kier molecular flexibility index (Phi) is 4.65. The molecule has 0 aliphatic carbocycles. The third-order valence-corrected chi connectivity index (χ3v) is 3.61. The van der Waals surface area contributed by atoms with Gasteiger partial charge in [0, 0.05) is 10.6 Å². The van der Waals surface area contributed by atoms with Crippen molar-refractivity contribution in [3.05, 3.63) is 29.8 Å². The molecular formula is C11H15ClN2OS. The van der Waals surface area contributed by atoms with Crippen LogP contribution in [-0.2, 0) is 4.79 Å². The van der Waals surface area contributed by atoms with Crippen molar-refractivity contribution in [1.82, 2.24) is 5.32 Å². The summed E-state index contributed by atoms with van der Waals surface area (Å²) in [5.41, 5.74) is 6.72. The van der Waals surface area contributed by atoms with Gasteiger partial charge in [-0.1, -0.05) is 18.2 Å². The summed E-state index contributed by atoms with van der Waals surface area (Å²) in [6.45, 7) is 1.70. The minimum Gasteiger partial charge on any atom is -0.347 e. The zero-order chi connectivity index (χ0) is 10.8. The molecule has 0 bridgehead atoms. The summed E-state index contributed by atoms with van der Waals surface area (Å²) in [7, 11) is 0. The molecule has 2 rings (SSSR count). The van der Waals surface area contributed by atoms with Crippen molar-refractivity contribution in [2.75, 3.05) is 5.75 Å². The molecule has 0 radical (unpaired) electrons. The Balaban J connectivity index is 0.00000128. The van der Waals surface area contributed by atoms with E-state index in [1.54, 1.807) is 18.7 Å². The molecule has 0 saturated heterocycles. The Morgan fingerprint density at radius 2 is 2.25 bits per heavy atom. The first kappa shape index (κ1) is 13.4. The Morgan fingerprint density at radius 1 is 1.56 bits per heavy atom. The molecule has 0 saturated carbocycles. The first-order valence-electron chi connectivity index (χ1n) is 4.96. The highest BCUT2D eigenvalue weighted by Crippen LogP contribution is 2.37. The lowest BCUT2D eigenvalue weighted by atomic mass is 10.1. The van der Waals surface area contributed by atoms with Gasteiger partial charge in [-0.25, -0.2) is 0 Å². The third kappa shape index (κ3) is 2.70. The van der Waals surface area contributed by atoms with E-state index in [1.165, 1.54) is 10.5 Å². The van der Waals surface area contributed by atoms with E-state index in [2.05, 4.69) is 17.4 Å². The molecule has 0 spiro atoms. The maximum absolute atomic E-state index is 11.5. The SMILES string of the molecule is CC(N)C(=O)NC1CSc2ccccc21.Cl. The molecule has 1 aromatic rings. The number of amides is 1. The van der Waals surface area contributed by atoms with E-state index in [9.17, 15) is 4.79 Å². The highest BCUT2D eigenvalue weighted by molar-refractivity contribution is 7.99. The number of rotatable bonds is 2. The molecule has 1 aromatic carbocycles. The quantitative estimate of drug-likeness (QED) is 0.849. The molecule has 0 fully saturated rings. The summed E-state index contributed by atoms with van der Waals surface area (Å²) in [6.07, 6.45) is 0. The van der Waals surface area contributed by atoms with E-state index in [0.717, 1.165) is 5.75 Å². The summed E-state index contributed by atoms with van der Waals surface area (Å²) in [5.74, 6) is 0.815. The molecule has 0 aromatic heterocycles. The van der Waals surface area contributed by atoms with Crippen molar-refractivity contribution in [2.24, 2.45) is 5.73 Å². The Bertz CT molecular complexity index is 384. The fraction of sp³-hybridized carbons (Fsp3) is 0.364. The smallest absolute Gasteiger partial charge is 0.237 e. The first-order valence-corrected chi connectivity index (χ1v) is 5.94. The van der Waals surface area contributed by atoms with Gasteiger partial charge in [-0.05, 0) is 18.6 Å². The van der Waals surface area contributed by atoms with Crippen LogP contribution in [0.4, 0.5) is 0 Å². The van der Waals surface area contributed by atoms with Crippen molar-refractivity contribution < 1.29 is 4.79 Å². The first-order chi connectivity index (χ1) is 7.18. The molecule has 88 valence electrons. The van der Waals surface area contributed by atoms with Crippen LogP contribution in [-0.4, -0.2) is 17.7 Å². The molecule has 3 N–H and O–H groups in total. The standard InChI is InChI=1S/C11H14N2OS.ClH/c1-7(12)11(14)13-9-6-15-10-5-3-2-4-8(9)10;/h2-5,7,9H,6,12H2,1H3,(H,13,14);1H. The third-order valence-electron chi connectivity index (χ3n) is 2.43. The molecule has 3 nitrogen and oxygen atoms in total. The van der Waals surface area contributed by atoms with E-state index in [-0.39, 0.29) is 24.4 Å². The van der Waals surface area contributed by atoms with Crippen molar-refractivity contribution in [3.63, 3.8) is 0 Å². The second kappa shape index (κ2) is 5.57. The fourth-order valence-corrected chi connectivity index (χ4v) is 2.75. The maximum atomic E-state index is 11.5. The van der Waals surface area contributed by atoms with Gasteiger partial charge in [-0.2, -0.15) is 0 Å². The highest BCUT2D eigenvalue weighted by Gasteiger charge is 2.24. The number of fused-ring (bicyclic) bond motifs is 1. The average Bonchev–Trinajstić information content (AvgIpc) is 2.62. The number of nitrogens with two attached hydrogens (primary N) is 1. The number of benzene rings is 1. The van der Waals surface area contributed by atoms with Gasteiger partial charge in [-0.15, -0.1) is 24.2 Å². The van der Waals surface area contributed by atoms with Crippen molar-refractivity contribution in [1.29, 1.82) is 0 Å². The van der Waals surface area contributed by atoms with E-state index in [4.69, 9.17) is 5.73 Å². The molecular weight excluding hydrogens is 244 g/mol. The minimum atomic E-state index is -0.442. The fourth-order valence-electron chi connectivity index (χ4n) is 1.59. The average molecular weight is 259 g/mol. The van der Waals surface area contributed by atoms with Gasteiger partial charge in [0.2, 0.25) is 5.91 Å². The lowest BCUT2D eigenvalue weighted by Gasteiger charge is -2.14. The predicted octanol–water partition coefficient (Wildman–Crippen LogP) is 1.72. The molecule has 1 aliphatic heterocycles. The largest absolute Gasteiger partial charge is 0.347 e. The summed E-state index contributed by atoms with van der Waals surface area (Å²) >= 11 is 1.77. The second-order valence-electron chi connectivity index (χ2n) is 3.70. The molecule has 16 heavy (non-hydrogen) atoms. The van der Waals surface area contributed by atoms with Gasteiger partial charge in [0.25, 0.3) is 0 Å². The summed E-state index contributed by atoms with van der Waals surface area (Å²) in [4.78, 5) is 12.7. The lowest BCUT2D eigenvalue weighted by molar-refractivity contribution is -0.122. The minimum absolute atomic E-state index is 0. The van der Waals surface area contributed by atoms with Gasteiger partial charge in [0.15, 0.2) is 0 Å². The van der Waals surface area contributed by atoms with Crippen LogP contribution in [0.15, 0.2) is 29.2 Å². The van der Waals surface area contributed by atoms with Gasteiger partial charge in [0.05, 0.1) is 12.1 Å². The van der Waals surface area contributed by atoms with Crippen LogP contribution in [0.1, 0.15) is 18.5 Å².